The molecule has 0 bridgehead atoms. The zero-order valence-electron chi connectivity index (χ0n) is 25.6. The molecule has 1 saturated heterocycles. The Kier molecular flexibility index (Phi) is 10.1. The van der Waals surface area contributed by atoms with Crippen molar-refractivity contribution in [2.75, 3.05) is 41.7 Å². The van der Waals surface area contributed by atoms with Crippen molar-refractivity contribution in [2.45, 2.75) is 46.4 Å². The Balaban J connectivity index is 1.20. The highest BCUT2D eigenvalue weighted by Crippen LogP contribution is 2.30. The fourth-order valence-corrected chi connectivity index (χ4v) is 5.49. The summed E-state index contributed by atoms with van der Waals surface area (Å²) < 4.78 is 34.2. The van der Waals surface area contributed by atoms with Crippen molar-refractivity contribution in [1.82, 2.24) is 4.90 Å². The van der Waals surface area contributed by atoms with Gasteiger partial charge in [0.15, 0.2) is 0 Å². The predicted molar refractivity (Wildman–Crippen MR) is 174 cm³/mol. The van der Waals surface area contributed by atoms with Crippen LogP contribution in [0.1, 0.15) is 47.8 Å². The normalized spacial score (nSPS) is 13.6. The Morgan fingerprint density at radius 1 is 0.886 bits per heavy atom. The number of nitrogens with zero attached hydrogens (tertiary/aromatic N) is 2. The molecule has 0 saturated carbocycles. The average molecular weight is 599 g/mol. The van der Waals surface area contributed by atoms with Crippen LogP contribution in [0.2, 0.25) is 0 Å². The lowest BCUT2D eigenvalue weighted by atomic mass is 10.1. The molecule has 0 unspecified atom stereocenters. The van der Waals surface area contributed by atoms with E-state index in [1.165, 1.54) is 18.2 Å². The third kappa shape index (κ3) is 7.74. The second kappa shape index (κ2) is 14.4. The topological polar surface area (TPSA) is 56.8 Å². The minimum atomic E-state index is -0.598. The van der Waals surface area contributed by atoms with Crippen LogP contribution in [-0.2, 0) is 19.5 Å². The second-order valence-corrected chi connectivity index (χ2v) is 11.3. The van der Waals surface area contributed by atoms with Gasteiger partial charge in [0.2, 0.25) is 0 Å². The molecule has 6 nitrogen and oxygen atoms in total. The zero-order chi connectivity index (χ0) is 31.1. The summed E-state index contributed by atoms with van der Waals surface area (Å²) in [6, 6.07) is 25.3. The second-order valence-electron chi connectivity index (χ2n) is 11.3. The number of rotatable bonds is 11. The van der Waals surface area contributed by atoms with Crippen LogP contribution in [0.25, 0.3) is 0 Å². The van der Waals surface area contributed by atoms with Gasteiger partial charge in [-0.2, -0.15) is 0 Å². The SMILES string of the molecule is CCc1ccc(NCc2c(F)cccc2F)cc1NC(=O)c1cccc(CN2CCN(c3ccccc3OC(C)C)CC2)c1. The van der Waals surface area contributed by atoms with Crippen LogP contribution in [0.3, 0.4) is 0 Å². The molecule has 4 aromatic rings. The maximum Gasteiger partial charge on any atom is 0.255 e. The van der Waals surface area contributed by atoms with Gasteiger partial charge in [-0.25, -0.2) is 8.78 Å². The molecule has 44 heavy (non-hydrogen) atoms. The standard InChI is InChI=1S/C36H40F2N4O2/c1-4-27-15-16-29(39-23-30-31(37)11-8-12-32(30)38)22-33(27)40-36(43)28-10-7-9-26(21-28)24-41-17-19-42(20-18-41)34-13-5-6-14-35(34)44-25(2)3/h5-16,21-22,25,39H,4,17-20,23-24H2,1-3H3,(H,40,43). The van der Waals surface area contributed by atoms with Crippen LogP contribution in [-0.4, -0.2) is 43.1 Å². The first-order valence-electron chi connectivity index (χ1n) is 15.2. The summed E-state index contributed by atoms with van der Waals surface area (Å²) in [6.45, 7) is 10.4. The molecular formula is C36H40F2N4O2. The molecule has 2 N–H and O–H groups in total. The predicted octanol–water partition coefficient (Wildman–Crippen LogP) is 7.50. The molecule has 5 rings (SSSR count). The fourth-order valence-electron chi connectivity index (χ4n) is 5.49. The average Bonchev–Trinajstić information content (AvgIpc) is 3.01. The van der Waals surface area contributed by atoms with Gasteiger partial charge >= 0.3 is 0 Å². The van der Waals surface area contributed by atoms with Gasteiger partial charge in [0.05, 0.1) is 11.8 Å². The first kappa shape index (κ1) is 31.0. The van der Waals surface area contributed by atoms with Crippen molar-refractivity contribution in [3.05, 3.63) is 119 Å². The lowest BCUT2D eigenvalue weighted by molar-refractivity contribution is 0.102. The van der Waals surface area contributed by atoms with E-state index in [-0.39, 0.29) is 24.1 Å². The minimum Gasteiger partial charge on any atom is -0.489 e. The third-order valence-electron chi connectivity index (χ3n) is 7.81. The van der Waals surface area contributed by atoms with Crippen molar-refractivity contribution >= 4 is 23.0 Å². The monoisotopic (exact) mass is 598 g/mol. The van der Waals surface area contributed by atoms with Crippen LogP contribution < -0.4 is 20.3 Å². The van der Waals surface area contributed by atoms with E-state index in [4.69, 9.17) is 4.74 Å². The van der Waals surface area contributed by atoms with Gasteiger partial charge in [-0.15, -0.1) is 0 Å². The smallest absolute Gasteiger partial charge is 0.255 e. The number of halogens is 2. The van der Waals surface area contributed by atoms with Crippen LogP contribution in [0.5, 0.6) is 5.75 Å². The summed E-state index contributed by atoms with van der Waals surface area (Å²) in [6.07, 6.45) is 0.838. The van der Waals surface area contributed by atoms with Gasteiger partial charge in [0.1, 0.15) is 17.4 Å². The number of aryl methyl sites for hydroxylation is 1. The fraction of sp³-hybridized carbons (Fsp3) is 0.306. The molecule has 0 radical (unpaired) electrons. The van der Waals surface area contributed by atoms with Crippen molar-refractivity contribution in [2.24, 2.45) is 0 Å². The zero-order valence-corrected chi connectivity index (χ0v) is 25.6. The van der Waals surface area contributed by atoms with E-state index < -0.39 is 11.6 Å². The first-order chi connectivity index (χ1) is 21.3. The van der Waals surface area contributed by atoms with Gasteiger partial charge in [0, 0.05) is 61.8 Å². The molecule has 1 heterocycles. The molecule has 0 aliphatic carbocycles. The highest BCUT2D eigenvalue weighted by molar-refractivity contribution is 6.05. The number of amides is 1. The van der Waals surface area contributed by atoms with Crippen LogP contribution in [0.4, 0.5) is 25.8 Å². The Morgan fingerprint density at radius 2 is 1.61 bits per heavy atom. The number of para-hydroxylation sites is 2. The molecule has 8 heteroatoms. The van der Waals surface area contributed by atoms with E-state index >= 15 is 0 Å². The molecule has 1 aliphatic heterocycles. The number of benzene rings is 4. The number of piperazine rings is 1. The summed E-state index contributed by atoms with van der Waals surface area (Å²) in [4.78, 5) is 18.1. The van der Waals surface area contributed by atoms with Gasteiger partial charge < -0.3 is 20.3 Å². The number of carbonyl (C=O) groups is 1. The van der Waals surface area contributed by atoms with Crippen LogP contribution in [0.15, 0.2) is 84.9 Å². The number of anilines is 3. The number of hydrogen-bond donors (Lipinski definition) is 2. The molecule has 0 spiro atoms. The number of ether oxygens (including phenoxy) is 1. The Bertz CT molecular complexity index is 1560. The molecular weight excluding hydrogens is 558 g/mol. The van der Waals surface area contributed by atoms with Crippen molar-refractivity contribution in [3.8, 4) is 5.75 Å². The highest BCUT2D eigenvalue weighted by Gasteiger charge is 2.21. The summed E-state index contributed by atoms with van der Waals surface area (Å²) in [5.74, 6) is -0.481. The summed E-state index contributed by atoms with van der Waals surface area (Å²) >= 11 is 0. The van der Waals surface area contributed by atoms with E-state index in [1.807, 2.05) is 69.3 Å². The maximum absolute atomic E-state index is 14.1. The molecule has 0 atom stereocenters. The number of nitrogens with one attached hydrogen (secondary N) is 2. The quantitative estimate of drug-likeness (QED) is 0.187. The maximum atomic E-state index is 14.1. The molecule has 1 amide bonds. The van der Waals surface area contributed by atoms with E-state index in [1.54, 1.807) is 0 Å². The Morgan fingerprint density at radius 3 is 2.34 bits per heavy atom. The van der Waals surface area contributed by atoms with E-state index in [2.05, 4.69) is 38.6 Å². The minimum absolute atomic E-state index is 0.00803. The largest absolute Gasteiger partial charge is 0.489 e. The highest BCUT2D eigenvalue weighted by atomic mass is 19.1. The van der Waals surface area contributed by atoms with E-state index in [0.717, 1.165) is 61.7 Å². The molecule has 1 aliphatic rings. The summed E-state index contributed by atoms with van der Waals surface area (Å²) in [5, 5.41) is 6.13. The van der Waals surface area contributed by atoms with E-state index in [0.29, 0.717) is 16.9 Å². The van der Waals surface area contributed by atoms with Crippen LogP contribution in [0, 0.1) is 11.6 Å². The van der Waals surface area contributed by atoms with Crippen molar-refractivity contribution < 1.29 is 18.3 Å². The van der Waals surface area contributed by atoms with Gasteiger partial charge in [0.25, 0.3) is 5.91 Å². The molecule has 0 aromatic heterocycles. The molecule has 1 fully saturated rings. The lowest BCUT2D eigenvalue weighted by Crippen LogP contribution is -2.46. The van der Waals surface area contributed by atoms with Crippen molar-refractivity contribution in [1.29, 1.82) is 0 Å². The van der Waals surface area contributed by atoms with E-state index in [9.17, 15) is 13.6 Å². The van der Waals surface area contributed by atoms with Gasteiger partial charge in [-0.1, -0.05) is 43.3 Å². The van der Waals surface area contributed by atoms with Gasteiger partial charge in [-0.05, 0) is 79.9 Å². The Labute approximate surface area is 258 Å². The number of carbonyl (C=O) groups excluding carboxylic acids is 1. The summed E-state index contributed by atoms with van der Waals surface area (Å²) in [5.41, 5.74) is 5.05. The lowest BCUT2D eigenvalue weighted by Gasteiger charge is -2.37. The Hall–Kier alpha value is -4.43. The molecule has 4 aromatic carbocycles. The first-order valence-corrected chi connectivity index (χ1v) is 15.2. The molecule has 230 valence electrons. The summed E-state index contributed by atoms with van der Waals surface area (Å²) in [7, 11) is 0. The van der Waals surface area contributed by atoms with Crippen molar-refractivity contribution in [3.63, 3.8) is 0 Å². The van der Waals surface area contributed by atoms with Crippen LogP contribution >= 0.6 is 0 Å². The van der Waals surface area contributed by atoms with Gasteiger partial charge in [-0.3, -0.25) is 9.69 Å². The third-order valence-corrected chi connectivity index (χ3v) is 7.81. The number of hydrogen-bond acceptors (Lipinski definition) is 5.